The summed E-state index contributed by atoms with van der Waals surface area (Å²) in [4.78, 5) is 11.5. The molecule has 5 nitrogen and oxygen atoms in total. The van der Waals surface area contributed by atoms with Crippen LogP contribution in [0.1, 0.15) is 36.3 Å². The van der Waals surface area contributed by atoms with E-state index >= 15 is 0 Å². The lowest BCUT2D eigenvalue weighted by Gasteiger charge is -2.30. The molecule has 1 N–H and O–H groups in total. The third-order valence-corrected chi connectivity index (χ3v) is 4.42. The zero-order valence-electron chi connectivity index (χ0n) is 12.7. The molecule has 2 aromatic heterocycles. The molecule has 110 valence electrons. The van der Waals surface area contributed by atoms with Crippen LogP contribution in [0.3, 0.4) is 0 Å². The highest BCUT2D eigenvalue weighted by Crippen LogP contribution is 2.36. The third-order valence-electron chi connectivity index (χ3n) is 4.42. The summed E-state index contributed by atoms with van der Waals surface area (Å²) in [6.45, 7) is 4.85. The number of anilines is 1. The molecule has 1 fully saturated rings. The monoisotopic (exact) mass is 284 g/mol. The number of fused-ring (bicyclic) bond motifs is 3. The van der Waals surface area contributed by atoms with Crippen LogP contribution < -0.4 is 5.32 Å². The van der Waals surface area contributed by atoms with Gasteiger partial charge in [-0.15, -0.1) is 0 Å². The molecule has 0 atom stereocenters. The zero-order valence-corrected chi connectivity index (χ0v) is 12.7. The highest BCUT2D eigenvalue weighted by Gasteiger charge is 2.29. The highest BCUT2D eigenvalue weighted by atomic mass is 16.3. The number of hydrogen-bond acceptors (Lipinski definition) is 4. The second kappa shape index (κ2) is 4.48. The smallest absolute Gasteiger partial charge is 0.229 e. The van der Waals surface area contributed by atoms with Crippen LogP contribution in [-0.4, -0.2) is 35.5 Å². The van der Waals surface area contributed by atoms with Crippen molar-refractivity contribution in [1.82, 2.24) is 9.88 Å². The summed E-state index contributed by atoms with van der Waals surface area (Å²) in [7, 11) is 2.05. The molecule has 0 saturated heterocycles. The van der Waals surface area contributed by atoms with Crippen LogP contribution in [0.5, 0.6) is 0 Å². The molecule has 21 heavy (non-hydrogen) atoms. The number of rotatable bonds is 1. The van der Waals surface area contributed by atoms with Gasteiger partial charge in [-0.1, -0.05) is 0 Å². The SMILES string of the molecule is Cc1cc(C)c2c3c(oc2n1)C(=NC1CCC1)N(C)CN3. The molecule has 0 aromatic carbocycles. The first-order valence-electron chi connectivity index (χ1n) is 7.57. The minimum atomic E-state index is 0.456. The number of pyridine rings is 1. The van der Waals surface area contributed by atoms with Crippen LogP contribution >= 0.6 is 0 Å². The van der Waals surface area contributed by atoms with Gasteiger partial charge in [-0.05, 0) is 44.7 Å². The first-order chi connectivity index (χ1) is 10.1. The normalized spacial score (nSPS) is 20.5. The molecule has 2 aliphatic rings. The number of aliphatic imine (C=N–C) groups is 1. The fraction of sp³-hybridized carbons (Fsp3) is 0.500. The topological polar surface area (TPSA) is 53.7 Å². The van der Waals surface area contributed by atoms with E-state index in [9.17, 15) is 0 Å². The van der Waals surface area contributed by atoms with E-state index in [1.165, 1.54) is 24.8 Å². The Hall–Kier alpha value is -2.04. The van der Waals surface area contributed by atoms with Crippen molar-refractivity contribution in [2.45, 2.75) is 39.2 Å². The number of nitrogens with one attached hydrogen (secondary N) is 1. The fourth-order valence-corrected chi connectivity index (χ4v) is 3.06. The van der Waals surface area contributed by atoms with Crippen LogP contribution in [-0.2, 0) is 0 Å². The van der Waals surface area contributed by atoms with Crippen molar-refractivity contribution >= 4 is 22.6 Å². The lowest BCUT2D eigenvalue weighted by Crippen LogP contribution is -2.38. The second-order valence-corrected chi connectivity index (χ2v) is 6.14. The first kappa shape index (κ1) is 12.7. The van der Waals surface area contributed by atoms with Gasteiger partial charge in [0.2, 0.25) is 5.71 Å². The molecule has 1 saturated carbocycles. The van der Waals surface area contributed by atoms with Crippen LogP contribution in [0, 0.1) is 13.8 Å². The van der Waals surface area contributed by atoms with E-state index < -0.39 is 0 Å². The highest BCUT2D eigenvalue weighted by molar-refractivity contribution is 6.10. The van der Waals surface area contributed by atoms with Crippen LogP contribution in [0.4, 0.5) is 5.69 Å². The lowest BCUT2D eigenvalue weighted by atomic mass is 9.94. The molecular weight excluding hydrogens is 264 g/mol. The van der Waals surface area contributed by atoms with Gasteiger partial charge >= 0.3 is 0 Å². The largest absolute Gasteiger partial charge is 0.432 e. The van der Waals surface area contributed by atoms with Gasteiger partial charge in [0.15, 0.2) is 11.6 Å². The summed E-state index contributed by atoms with van der Waals surface area (Å²) in [5.74, 6) is 1.80. The molecule has 2 aromatic rings. The van der Waals surface area contributed by atoms with Gasteiger partial charge in [0.25, 0.3) is 0 Å². The van der Waals surface area contributed by atoms with Gasteiger partial charge in [-0.25, -0.2) is 4.98 Å². The summed E-state index contributed by atoms with van der Waals surface area (Å²) in [5.41, 5.74) is 3.94. The Morgan fingerprint density at radius 2 is 2.19 bits per heavy atom. The Morgan fingerprint density at radius 1 is 1.38 bits per heavy atom. The number of aryl methyl sites for hydroxylation is 2. The van der Waals surface area contributed by atoms with Gasteiger partial charge in [0, 0.05) is 12.7 Å². The molecule has 0 radical (unpaired) electrons. The van der Waals surface area contributed by atoms with Crippen molar-refractivity contribution in [2.24, 2.45) is 4.99 Å². The standard InChI is InChI=1S/C16H20N4O/c1-9-7-10(2)18-16-12(9)13-14(21-16)15(20(3)8-17-13)19-11-5-4-6-11/h7,11,17H,4-6,8H2,1-3H3. The maximum atomic E-state index is 6.06. The van der Waals surface area contributed by atoms with E-state index in [-0.39, 0.29) is 0 Å². The van der Waals surface area contributed by atoms with Gasteiger partial charge < -0.3 is 14.6 Å². The van der Waals surface area contributed by atoms with Crippen molar-refractivity contribution in [3.63, 3.8) is 0 Å². The average molecular weight is 284 g/mol. The maximum Gasteiger partial charge on any atom is 0.229 e. The van der Waals surface area contributed by atoms with Crippen molar-refractivity contribution in [3.05, 3.63) is 23.1 Å². The van der Waals surface area contributed by atoms with E-state index in [0.717, 1.165) is 35.0 Å². The summed E-state index contributed by atoms with van der Waals surface area (Å²) in [6.07, 6.45) is 3.67. The number of hydrogen-bond donors (Lipinski definition) is 1. The van der Waals surface area contributed by atoms with E-state index in [4.69, 9.17) is 9.41 Å². The summed E-state index contributed by atoms with van der Waals surface area (Å²) < 4.78 is 6.06. The van der Waals surface area contributed by atoms with Crippen LogP contribution in [0.2, 0.25) is 0 Å². The molecule has 0 unspecified atom stereocenters. The molecule has 0 spiro atoms. The third kappa shape index (κ3) is 1.91. The van der Waals surface area contributed by atoms with E-state index in [1.54, 1.807) is 0 Å². The van der Waals surface area contributed by atoms with Gasteiger partial charge in [0.1, 0.15) is 0 Å². The minimum absolute atomic E-state index is 0.456. The van der Waals surface area contributed by atoms with E-state index in [2.05, 4.69) is 28.2 Å². The van der Waals surface area contributed by atoms with Crippen molar-refractivity contribution in [3.8, 4) is 0 Å². The molecule has 1 aliphatic carbocycles. The second-order valence-electron chi connectivity index (χ2n) is 6.14. The van der Waals surface area contributed by atoms with Crippen LogP contribution in [0.15, 0.2) is 15.5 Å². The Kier molecular flexibility index (Phi) is 2.71. The number of amidine groups is 1. The molecule has 4 rings (SSSR count). The zero-order chi connectivity index (χ0) is 14.6. The Morgan fingerprint density at radius 3 is 2.90 bits per heavy atom. The predicted molar refractivity (Wildman–Crippen MR) is 83.9 cm³/mol. The summed E-state index contributed by atoms with van der Waals surface area (Å²) >= 11 is 0. The summed E-state index contributed by atoms with van der Waals surface area (Å²) in [5, 5.41) is 4.53. The van der Waals surface area contributed by atoms with Gasteiger partial charge in [-0.2, -0.15) is 0 Å². The van der Waals surface area contributed by atoms with Crippen molar-refractivity contribution in [1.29, 1.82) is 0 Å². The van der Waals surface area contributed by atoms with Crippen LogP contribution in [0.25, 0.3) is 11.1 Å². The molecule has 3 heterocycles. The Bertz CT molecular complexity index is 742. The Labute approximate surface area is 124 Å². The molecular formula is C16H20N4O. The van der Waals surface area contributed by atoms with Crippen molar-refractivity contribution < 1.29 is 4.42 Å². The summed E-state index contributed by atoms with van der Waals surface area (Å²) in [6, 6.07) is 2.55. The fourth-order valence-electron chi connectivity index (χ4n) is 3.06. The predicted octanol–water partition coefficient (Wildman–Crippen LogP) is 3.06. The van der Waals surface area contributed by atoms with Gasteiger partial charge in [-0.3, -0.25) is 4.99 Å². The van der Waals surface area contributed by atoms with E-state index in [0.29, 0.717) is 11.8 Å². The quantitative estimate of drug-likeness (QED) is 0.874. The Balaban J connectivity index is 1.92. The van der Waals surface area contributed by atoms with E-state index in [1.807, 2.05) is 14.0 Å². The minimum Gasteiger partial charge on any atom is -0.432 e. The maximum absolute atomic E-state index is 6.06. The van der Waals surface area contributed by atoms with Crippen molar-refractivity contribution in [2.75, 3.05) is 19.0 Å². The molecule has 1 aliphatic heterocycles. The number of furan rings is 1. The first-order valence-corrected chi connectivity index (χ1v) is 7.57. The molecule has 0 amide bonds. The average Bonchev–Trinajstić information content (AvgIpc) is 2.73. The molecule has 5 heteroatoms. The number of aromatic nitrogens is 1. The van der Waals surface area contributed by atoms with Gasteiger partial charge in [0.05, 0.1) is 23.8 Å². The number of nitrogens with zero attached hydrogens (tertiary/aromatic N) is 3. The molecule has 0 bridgehead atoms. The lowest BCUT2D eigenvalue weighted by molar-refractivity contribution is 0.407.